The van der Waals surface area contributed by atoms with Gasteiger partial charge in [0.25, 0.3) is 5.91 Å². The number of aromatic carboxylic acids is 1. The molecule has 2 N–H and O–H groups in total. The molecule has 1 saturated heterocycles. The quantitative estimate of drug-likeness (QED) is 0.591. The number of phenolic OH excluding ortho intramolecular Hbond substituents is 1. The summed E-state index contributed by atoms with van der Waals surface area (Å²) < 4.78 is 0. The van der Waals surface area contributed by atoms with Gasteiger partial charge >= 0.3 is 5.97 Å². The molecule has 148 valence electrons. The molecule has 0 atom stereocenters. The molecule has 7 heteroatoms. The second kappa shape index (κ2) is 8.26. The smallest absolute Gasteiger partial charge is 0.335 e. The van der Waals surface area contributed by atoms with Gasteiger partial charge in [0.2, 0.25) is 0 Å². The summed E-state index contributed by atoms with van der Waals surface area (Å²) in [6, 6.07) is 22.1. The van der Waals surface area contributed by atoms with Crippen LogP contribution in [0.3, 0.4) is 0 Å². The molecule has 6 nitrogen and oxygen atoms in total. The van der Waals surface area contributed by atoms with E-state index >= 15 is 0 Å². The lowest BCUT2D eigenvalue weighted by molar-refractivity contribution is -0.113. The number of phenols is 1. The van der Waals surface area contributed by atoms with Crippen LogP contribution < -0.4 is 4.90 Å². The van der Waals surface area contributed by atoms with E-state index in [1.54, 1.807) is 54.6 Å². The summed E-state index contributed by atoms with van der Waals surface area (Å²) in [5.74, 6) is -1.25. The van der Waals surface area contributed by atoms with Gasteiger partial charge in [-0.3, -0.25) is 9.69 Å². The Labute approximate surface area is 176 Å². The number of amidine groups is 1. The van der Waals surface area contributed by atoms with Gasteiger partial charge in [-0.1, -0.05) is 42.5 Å². The molecule has 1 aliphatic rings. The fourth-order valence-corrected chi connectivity index (χ4v) is 3.92. The number of benzene rings is 3. The molecule has 3 aromatic carbocycles. The van der Waals surface area contributed by atoms with Gasteiger partial charge in [0.15, 0.2) is 5.17 Å². The van der Waals surface area contributed by atoms with E-state index in [9.17, 15) is 19.8 Å². The van der Waals surface area contributed by atoms with Crippen LogP contribution in [-0.4, -0.2) is 27.3 Å². The lowest BCUT2D eigenvalue weighted by atomic mass is 10.2. The molecule has 1 aliphatic heterocycles. The number of hydrogen-bond donors (Lipinski definition) is 2. The Morgan fingerprint density at radius 2 is 1.70 bits per heavy atom. The maximum Gasteiger partial charge on any atom is 0.335 e. The van der Waals surface area contributed by atoms with E-state index in [1.165, 1.54) is 17.0 Å². The number of nitrogens with zero attached hydrogens (tertiary/aromatic N) is 2. The predicted molar refractivity (Wildman–Crippen MR) is 118 cm³/mol. The Balaban J connectivity index is 1.79. The molecule has 3 aromatic rings. The third kappa shape index (κ3) is 3.97. The summed E-state index contributed by atoms with van der Waals surface area (Å²) in [6.07, 6.45) is 1.62. The number of aromatic hydroxyl groups is 1. The summed E-state index contributed by atoms with van der Waals surface area (Å²) in [5, 5.41) is 19.7. The van der Waals surface area contributed by atoms with Crippen molar-refractivity contribution in [3.05, 3.63) is 94.9 Å². The number of hydrogen-bond acceptors (Lipinski definition) is 5. The number of anilines is 1. The number of thioether (sulfide) groups is 1. The summed E-state index contributed by atoms with van der Waals surface area (Å²) in [6.45, 7) is 0. The Hall–Kier alpha value is -3.84. The summed E-state index contributed by atoms with van der Waals surface area (Å²) in [4.78, 5) is 30.9. The molecule has 4 rings (SSSR count). The van der Waals surface area contributed by atoms with E-state index in [1.807, 2.05) is 18.2 Å². The van der Waals surface area contributed by atoms with E-state index in [0.29, 0.717) is 27.0 Å². The van der Waals surface area contributed by atoms with Gasteiger partial charge in [-0.2, -0.15) is 0 Å². The molecule has 1 heterocycles. The van der Waals surface area contributed by atoms with Crippen LogP contribution >= 0.6 is 11.8 Å². The SMILES string of the molecule is O=C(O)c1cccc(N=C2S/C(=C\c3ccccc3O)C(=O)N2c2ccccc2)c1. The molecule has 0 saturated carbocycles. The van der Waals surface area contributed by atoms with Gasteiger partial charge in [0, 0.05) is 5.56 Å². The zero-order valence-corrected chi connectivity index (χ0v) is 16.4. The molecule has 0 unspecified atom stereocenters. The van der Waals surface area contributed by atoms with E-state index in [4.69, 9.17) is 0 Å². The van der Waals surface area contributed by atoms with Gasteiger partial charge in [-0.25, -0.2) is 9.79 Å². The monoisotopic (exact) mass is 416 g/mol. The second-order valence-electron chi connectivity index (χ2n) is 6.40. The second-order valence-corrected chi connectivity index (χ2v) is 7.40. The molecule has 0 spiro atoms. The number of amides is 1. The Morgan fingerprint density at radius 1 is 0.967 bits per heavy atom. The molecule has 1 amide bonds. The number of para-hydroxylation sites is 2. The first-order valence-corrected chi connectivity index (χ1v) is 9.83. The summed E-state index contributed by atoms with van der Waals surface area (Å²) in [5.41, 5.74) is 1.71. The number of rotatable bonds is 4. The highest BCUT2D eigenvalue weighted by Crippen LogP contribution is 2.38. The molecule has 0 bridgehead atoms. The summed E-state index contributed by atoms with van der Waals surface area (Å²) >= 11 is 1.16. The van der Waals surface area contributed by atoms with E-state index in [-0.39, 0.29) is 17.2 Å². The predicted octanol–water partition coefficient (Wildman–Crippen LogP) is 4.90. The van der Waals surface area contributed by atoms with Crippen molar-refractivity contribution in [1.29, 1.82) is 0 Å². The van der Waals surface area contributed by atoms with Crippen molar-refractivity contribution in [1.82, 2.24) is 0 Å². The van der Waals surface area contributed by atoms with E-state index < -0.39 is 5.97 Å². The number of carbonyl (C=O) groups excluding carboxylic acids is 1. The van der Waals surface area contributed by atoms with Crippen LogP contribution in [0.25, 0.3) is 6.08 Å². The van der Waals surface area contributed by atoms with Crippen molar-refractivity contribution < 1.29 is 19.8 Å². The average molecular weight is 416 g/mol. The normalized spacial score (nSPS) is 16.4. The first-order chi connectivity index (χ1) is 14.5. The van der Waals surface area contributed by atoms with E-state index in [0.717, 1.165) is 11.8 Å². The highest BCUT2D eigenvalue weighted by atomic mass is 32.2. The third-order valence-electron chi connectivity index (χ3n) is 4.36. The standard InChI is InChI=1S/C23H16N2O4S/c26-19-12-5-4-7-15(19)14-20-21(27)25(18-10-2-1-3-11-18)23(30-20)24-17-9-6-8-16(13-17)22(28)29/h1-14,26H,(H,28,29)/b20-14-,24-23?. The van der Waals surface area contributed by atoms with E-state index in [2.05, 4.69) is 4.99 Å². The largest absolute Gasteiger partial charge is 0.507 e. The average Bonchev–Trinajstić information content (AvgIpc) is 3.05. The minimum Gasteiger partial charge on any atom is -0.507 e. The highest BCUT2D eigenvalue weighted by Gasteiger charge is 2.34. The van der Waals surface area contributed by atoms with Crippen LogP contribution in [0.2, 0.25) is 0 Å². The van der Waals surface area contributed by atoms with Gasteiger partial charge in [0.05, 0.1) is 21.8 Å². The number of carbonyl (C=O) groups is 2. The number of carboxylic acids is 1. The van der Waals surface area contributed by atoms with Crippen LogP contribution in [0.15, 0.2) is 88.8 Å². The lowest BCUT2D eigenvalue weighted by Gasteiger charge is -2.15. The fraction of sp³-hybridized carbons (Fsp3) is 0. The van der Waals surface area contributed by atoms with Crippen LogP contribution in [-0.2, 0) is 4.79 Å². The molecular formula is C23H16N2O4S. The molecule has 0 aliphatic carbocycles. The van der Waals surface area contributed by atoms with Crippen molar-refractivity contribution >= 4 is 46.3 Å². The fourth-order valence-electron chi connectivity index (χ4n) is 2.92. The van der Waals surface area contributed by atoms with Gasteiger partial charge in [0.1, 0.15) is 5.75 Å². The molecular weight excluding hydrogens is 400 g/mol. The zero-order chi connectivity index (χ0) is 21.1. The Morgan fingerprint density at radius 3 is 2.43 bits per heavy atom. The molecule has 30 heavy (non-hydrogen) atoms. The van der Waals surface area contributed by atoms with Crippen LogP contribution in [0, 0.1) is 0 Å². The van der Waals surface area contributed by atoms with Crippen LogP contribution in [0.1, 0.15) is 15.9 Å². The molecule has 1 fully saturated rings. The van der Waals surface area contributed by atoms with Crippen molar-refractivity contribution in [3.8, 4) is 5.75 Å². The maximum atomic E-state index is 13.2. The molecule has 0 aromatic heterocycles. The third-order valence-corrected chi connectivity index (χ3v) is 5.33. The first-order valence-electron chi connectivity index (χ1n) is 9.02. The lowest BCUT2D eigenvalue weighted by Crippen LogP contribution is -2.28. The number of aliphatic imine (C=N–C) groups is 1. The van der Waals surface area contributed by atoms with Crippen molar-refractivity contribution in [2.24, 2.45) is 4.99 Å². The molecule has 0 radical (unpaired) electrons. The topological polar surface area (TPSA) is 90.2 Å². The Bertz CT molecular complexity index is 1190. The highest BCUT2D eigenvalue weighted by molar-refractivity contribution is 8.19. The van der Waals surface area contributed by atoms with Gasteiger partial charge < -0.3 is 10.2 Å². The minimum atomic E-state index is -1.05. The Kier molecular flexibility index (Phi) is 5.36. The number of carboxylic acid groups (broad SMARTS) is 1. The van der Waals surface area contributed by atoms with Crippen molar-refractivity contribution in [2.75, 3.05) is 4.90 Å². The van der Waals surface area contributed by atoms with Gasteiger partial charge in [-0.05, 0) is 54.2 Å². The maximum absolute atomic E-state index is 13.2. The summed E-state index contributed by atoms with van der Waals surface area (Å²) in [7, 11) is 0. The van der Waals surface area contributed by atoms with Crippen molar-refractivity contribution in [2.45, 2.75) is 0 Å². The van der Waals surface area contributed by atoms with Crippen LogP contribution in [0.5, 0.6) is 5.75 Å². The zero-order valence-electron chi connectivity index (χ0n) is 15.6. The van der Waals surface area contributed by atoms with Crippen LogP contribution in [0.4, 0.5) is 11.4 Å². The van der Waals surface area contributed by atoms with Crippen molar-refractivity contribution in [3.63, 3.8) is 0 Å². The first kappa shape index (κ1) is 19.5. The van der Waals surface area contributed by atoms with Gasteiger partial charge in [-0.15, -0.1) is 0 Å². The minimum absolute atomic E-state index is 0.0733.